The number of benzene rings is 2. The number of anilines is 2. The Morgan fingerprint density at radius 2 is 1.88 bits per heavy atom. The number of aromatic nitrogens is 1. The summed E-state index contributed by atoms with van der Waals surface area (Å²) in [5.41, 5.74) is 4.91. The lowest BCUT2D eigenvalue weighted by Gasteiger charge is -2.05. The predicted octanol–water partition coefficient (Wildman–Crippen LogP) is 4.47. The average Bonchev–Trinajstić information content (AvgIpc) is 3.18. The summed E-state index contributed by atoms with van der Waals surface area (Å²) in [7, 11) is 2.94. The molecule has 1 heterocycles. The Morgan fingerprint density at radius 1 is 1.16 bits per heavy atom. The highest BCUT2D eigenvalue weighted by Crippen LogP contribution is 2.28. The van der Waals surface area contributed by atoms with Gasteiger partial charge in [0.2, 0.25) is 5.13 Å². The van der Waals surface area contributed by atoms with Crippen molar-refractivity contribution in [2.24, 2.45) is 5.10 Å². The minimum atomic E-state index is -0.513. The number of rotatable bonds is 8. The van der Waals surface area contributed by atoms with Gasteiger partial charge in [-0.05, 0) is 50.2 Å². The maximum absolute atomic E-state index is 12.6. The number of nitro benzene ring substituents is 1. The summed E-state index contributed by atoms with van der Waals surface area (Å²) in [5, 5.41) is 18.7. The standard InChI is InChI=1S/C21H21N5O5S/c1-12(14-5-10-18(31-4)17(11-14)26(28)29)24-25-21-22-13(2)19(32-21)20(27)23-15-6-8-16(30-3)9-7-15/h5-11H,1-4H3,(H,22,25)(H,23,27)/b24-12+. The fourth-order valence-electron chi connectivity index (χ4n) is 2.77. The molecule has 166 valence electrons. The summed E-state index contributed by atoms with van der Waals surface area (Å²) in [6.07, 6.45) is 0. The summed E-state index contributed by atoms with van der Waals surface area (Å²) in [5.74, 6) is 0.575. The van der Waals surface area contributed by atoms with Crippen molar-refractivity contribution in [3.8, 4) is 11.5 Å². The molecule has 0 radical (unpaired) electrons. The number of amides is 1. The third kappa shape index (κ3) is 5.19. The number of nitrogens with one attached hydrogen (secondary N) is 2. The van der Waals surface area contributed by atoms with Crippen LogP contribution in [-0.2, 0) is 0 Å². The molecule has 0 fully saturated rings. The van der Waals surface area contributed by atoms with Gasteiger partial charge in [-0.25, -0.2) is 4.98 Å². The summed E-state index contributed by atoms with van der Waals surface area (Å²) < 4.78 is 10.1. The zero-order chi connectivity index (χ0) is 23.3. The maximum Gasteiger partial charge on any atom is 0.311 e. The molecular formula is C21H21N5O5S. The van der Waals surface area contributed by atoms with E-state index in [4.69, 9.17) is 9.47 Å². The second-order valence-electron chi connectivity index (χ2n) is 6.57. The summed E-state index contributed by atoms with van der Waals surface area (Å²) >= 11 is 1.15. The van der Waals surface area contributed by atoms with Crippen molar-refractivity contribution in [2.45, 2.75) is 13.8 Å². The lowest BCUT2D eigenvalue weighted by Crippen LogP contribution is -2.11. The zero-order valence-corrected chi connectivity index (χ0v) is 18.6. The number of hydrogen-bond acceptors (Lipinski definition) is 9. The second kappa shape index (κ2) is 9.88. The Balaban J connectivity index is 1.73. The number of hydrazone groups is 1. The van der Waals surface area contributed by atoms with Gasteiger partial charge in [-0.15, -0.1) is 0 Å². The van der Waals surface area contributed by atoms with E-state index in [0.717, 1.165) is 11.3 Å². The minimum absolute atomic E-state index is 0.151. The van der Waals surface area contributed by atoms with Gasteiger partial charge in [0.1, 0.15) is 10.6 Å². The molecular weight excluding hydrogens is 434 g/mol. The summed E-state index contributed by atoms with van der Waals surface area (Å²) in [4.78, 5) is 28.1. The molecule has 0 atom stereocenters. The average molecular weight is 455 g/mol. The first-order valence-corrected chi connectivity index (χ1v) is 10.2. The smallest absolute Gasteiger partial charge is 0.311 e. The van der Waals surface area contributed by atoms with E-state index in [2.05, 4.69) is 20.8 Å². The van der Waals surface area contributed by atoms with Gasteiger partial charge in [0.05, 0.1) is 30.5 Å². The van der Waals surface area contributed by atoms with Crippen molar-refractivity contribution >= 4 is 39.5 Å². The summed E-state index contributed by atoms with van der Waals surface area (Å²) in [6, 6.07) is 11.6. The van der Waals surface area contributed by atoms with E-state index in [-0.39, 0.29) is 17.3 Å². The molecule has 0 aliphatic heterocycles. The van der Waals surface area contributed by atoms with Crippen LogP contribution >= 0.6 is 11.3 Å². The lowest BCUT2D eigenvalue weighted by molar-refractivity contribution is -0.385. The van der Waals surface area contributed by atoms with E-state index in [0.29, 0.717) is 38.4 Å². The number of methoxy groups -OCH3 is 2. The molecule has 1 amide bonds. The first kappa shape index (κ1) is 22.7. The Kier molecular flexibility index (Phi) is 7.00. The van der Waals surface area contributed by atoms with Crippen molar-refractivity contribution in [3.05, 3.63) is 68.7 Å². The number of thiazole rings is 1. The number of carbonyl (C=O) groups excluding carboxylic acids is 1. The highest BCUT2D eigenvalue weighted by atomic mass is 32.1. The fraction of sp³-hybridized carbons (Fsp3) is 0.190. The Hall–Kier alpha value is -3.99. The van der Waals surface area contributed by atoms with Crippen LogP contribution in [0.4, 0.5) is 16.5 Å². The molecule has 10 nitrogen and oxygen atoms in total. The molecule has 1 aromatic heterocycles. The van der Waals surface area contributed by atoms with Gasteiger partial charge in [-0.2, -0.15) is 5.10 Å². The molecule has 2 N–H and O–H groups in total. The quantitative estimate of drug-likeness (QED) is 0.291. The van der Waals surface area contributed by atoms with Gasteiger partial charge in [-0.3, -0.25) is 20.3 Å². The molecule has 0 saturated carbocycles. The Bertz CT molecular complexity index is 1170. The van der Waals surface area contributed by atoms with E-state index in [1.807, 2.05) is 0 Å². The van der Waals surface area contributed by atoms with Gasteiger partial charge in [-0.1, -0.05) is 11.3 Å². The highest BCUT2D eigenvalue weighted by molar-refractivity contribution is 7.17. The van der Waals surface area contributed by atoms with Crippen LogP contribution in [0, 0.1) is 17.0 Å². The third-order valence-electron chi connectivity index (χ3n) is 4.46. The molecule has 0 aliphatic carbocycles. The van der Waals surface area contributed by atoms with Crippen molar-refractivity contribution in [2.75, 3.05) is 25.0 Å². The molecule has 3 rings (SSSR count). The van der Waals surface area contributed by atoms with Crippen molar-refractivity contribution in [1.29, 1.82) is 0 Å². The first-order chi connectivity index (χ1) is 15.3. The second-order valence-corrected chi connectivity index (χ2v) is 7.57. The molecule has 0 aliphatic rings. The molecule has 11 heteroatoms. The Labute approximate surface area is 188 Å². The SMILES string of the molecule is COc1ccc(NC(=O)c2sc(N/N=C(\C)c3ccc(OC)c([N+](=O)[O-])c3)nc2C)cc1. The monoisotopic (exact) mass is 455 g/mol. The van der Waals surface area contributed by atoms with Crippen LogP contribution in [-0.4, -0.2) is 35.7 Å². The van der Waals surface area contributed by atoms with Crippen LogP contribution in [0.3, 0.4) is 0 Å². The van der Waals surface area contributed by atoms with Gasteiger partial charge < -0.3 is 14.8 Å². The molecule has 0 unspecified atom stereocenters. The largest absolute Gasteiger partial charge is 0.497 e. The lowest BCUT2D eigenvalue weighted by atomic mass is 10.1. The molecule has 0 saturated heterocycles. The fourth-order valence-corrected chi connectivity index (χ4v) is 3.58. The van der Waals surface area contributed by atoms with E-state index >= 15 is 0 Å². The van der Waals surface area contributed by atoms with Gasteiger partial charge in [0.25, 0.3) is 5.91 Å². The number of ether oxygens (including phenoxy) is 2. The van der Waals surface area contributed by atoms with Crippen molar-refractivity contribution in [1.82, 2.24) is 4.98 Å². The molecule has 3 aromatic rings. The number of carbonyl (C=O) groups is 1. The molecule has 2 aromatic carbocycles. The number of nitro groups is 1. The van der Waals surface area contributed by atoms with Gasteiger partial charge in [0, 0.05) is 17.3 Å². The normalized spacial score (nSPS) is 11.1. The molecule has 0 spiro atoms. The van der Waals surface area contributed by atoms with E-state index in [1.54, 1.807) is 51.3 Å². The highest BCUT2D eigenvalue weighted by Gasteiger charge is 2.17. The molecule has 0 bridgehead atoms. The van der Waals surface area contributed by atoms with E-state index in [1.165, 1.54) is 19.2 Å². The Morgan fingerprint density at radius 3 is 2.50 bits per heavy atom. The summed E-state index contributed by atoms with van der Waals surface area (Å²) in [6.45, 7) is 3.43. The number of hydrogen-bond donors (Lipinski definition) is 2. The van der Waals surface area contributed by atoms with Crippen LogP contribution in [0.5, 0.6) is 11.5 Å². The van der Waals surface area contributed by atoms with Crippen LogP contribution in [0.1, 0.15) is 27.9 Å². The predicted molar refractivity (Wildman–Crippen MR) is 123 cm³/mol. The van der Waals surface area contributed by atoms with Crippen molar-refractivity contribution < 1.29 is 19.2 Å². The first-order valence-electron chi connectivity index (χ1n) is 9.38. The van der Waals surface area contributed by atoms with Crippen LogP contribution in [0.25, 0.3) is 0 Å². The molecule has 32 heavy (non-hydrogen) atoms. The van der Waals surface area contributed by atoms with Crippen LogP contribution in [0.15, 0.2) is 47.6 Å². The van der Waals surface area contributed by atoms with Crippen molar-refractivity contribution in [3.63, 3.8) is 0 Å². The maximum atomic E-state index is 12.6. The zero-order valence-electron chi connectivity index (χ0n) is 17.8. The van der Waals surface area contributed by atoms with E-state index < -0.39 is 4.92 Å². The third-order valence-corrected chi connectivity index (χ3v) is 5.52. The number of aryl methyl sites for hydroxylation is 1. The minimum Gasteiger partial charge on any atom is -0.497 e. The van der Waals surface area contributed by atoms with Crippen LogP contribution in [0.2, 0.25) is 0 Å². The number of nitrogens with zero attached hydrogens (tertiary/aromatic N) is 3. The van der Waals surface area contributed by atoms with Gasteiger partial charge >= 0.3 is 5.69 Å². The van der Waals surface area contributed by atoms with E-state index in [9.17, 15) is 14.9 Å². The van der Waals surface area contributed by atoms with Crippen LogP contribution < -0.4 is 20.2 Å². The van der Waals surface area contributed by atoms with Gasteiger partial charge in [0.15, 0.2) is 5.75 Å². The topological polar surface area (TPSA) is 128 Å².